The Kier molecular flexibility index (Phi) is 11.4. The van der Waals surface area contributed by atoms with E-state index in [-0.39, 0.29) is 59.3 Å². The lowest BCUT2D eigenvalue weighted by atomic mass is 10.1. The number of nitrogens with two attached hydrogens (primary N) is 1. The number of ether oxygens (including phenoxy) is 2. The van der Waals surface area contributed by atoms with E-state index in [1.54, 1.807) is 12.2 Å². The largest absolute Gasteiger partial charge is 0.491 e. The normalized spacial score (nSPS) is 13.5. The zero-order valence-electron chi connectivity index (χ0n) is 22.6. The Bertz CT molecular complexity index is 1290. The molecule has 1 saturated heterocycles. The summed E-state index contributed by atoms with van der Waals surface area (Å²) in [4.78, 5) is 47.7. The van der Waals surface area contributed by atoms with E-state index in [0.29, 0.717) is 6.42 Å². The van der Waals surface area contributed by atoms with Crippen molar-refractivity contribution in [3.8, 4) is 5.75 Å². The number of carbonyl (C=O) groups excluding carboxylic acids is 2. The fourth-order valence-corrected chi connectivity index (χ4v) is 4.16. The third-order valence-corrected chi connectivity index (χ3v) is 6.24. The Morgan fingerprint density at radius 3 is 2.32 bits per heavy atom. The molecule has 1 aliphatic rings. The van der Waals surface area contributed by atoms with Crippen LogP contribution in [-0.4, -0.2) is 86.2 Å². The topological polar surface area (TPSA) is 204 Å². The van der Waals surface area contributed by atoms with Gasteiger partial charge in [0.2, 0.25) is 5.91 Å². The zero-order chi connectivity index (χ0) is 29.8. The molecule has 0 unspecified atom stereocenters. The molecular weight excluding hydrogens is 538 g/mol. The minimum atomic E-state index is -0.815. The Morgan fingerprint density at radius 2 is 1.68 bits per heavy atom. The molecular formula is C26H33N7O8. The molecule has 5 N–H and O–H groups in total. The monoisotopic (exact) mass is 571 g/mol. The zero-order valence-corrected chi connectivity index (χ0v) is 22.6. The number of carbonyl (C=O) groups is 2. The van der Waals surface area contributed by atoms with Crippen molar-refractivity contribution >= 4 is 34.6 Å². The van der Waals surface area contributed by atoms with Gasteiger partial charge in [0.25, 0.3) is 11.4 Å². The van der Waals surface area contributed by atoms with Crippen molar-refractivity contribution in [3.63, 3.8) is 0 Å². The van der Waals surface area contributed by atoms with Crippen LogP contribution < -0.4 is 26.4 Å². The highest BCUT2D eigenvalue weighted by Crippen LogP contribution is 2.36. The molecule has 15 nitrogen and oxygen atoms in total. The number of nitrogens with zero attached hydrogens (tertiary/aromatic N) is 3. The van der Waals surface area contributed by atoms with Gasteiger partial charge in [-0.05, 0) is 24.6 Å². The molecule has 220 valence electrons. The predicted octanol–water partition coefficient (Wildman–Crippen LogP) is 2.14. The van der Waals surface area contributed by atoms with E-state index in [4.69, 9.17) is 10.5 Å². The van der Waals surface area contributed by atoms with Crippen LogP contribution in [0.25, 0.3) is 0 Å². The number of methoxy groups -OCH3 is 1. The van der Waals surface area contributed by atoms with Crippen molar-refractivity contribution in [2.45, 2.75) is 6.42 Å². The van der Waals surface area contributed by atoms with Crippen LogP contribution in [-0.2, 0) is 4.74 Å². The van der Waals surface area contributed by atoms with E-state index in [1.165, 1.54) is 25.3 Å². The van der Waals surface area contributed by atoms with E-state index in [1.807, 2.05) is 0 Å². The number of esters is 1. The second-order valence-corrected chi connectivity index (χ2v) is 9.00. The third kappa shape index (κ3) is 8.87. The van der Waals surface area contributed by atoms with E-state index in [9.17, 15) is 29.8 Å². The quantitative estimate of drug-likeness (QED) is 0.0798. The first-order chi connectivity index (χ1) is 19.7. The van der Waals surface area contributed by atoms with Crippen molar-refractivity contribution in [3.05, 3.63) is 73.8 Å². The number of primary amides is 1. The number of amides is 1. The standard InChI is InChI=1S/C26H33N7O8/c1-40-26(35)18-5-6-20(21(15-18)32(36)37)29-7-2-3-8-30-24-22(33(38)39)16-19(25(27)34)17-23(24)41-14-4-11-31-12-9-28-10-13-31/h2-3,5-6,15-17,28-30H,4,7-14H2,1H3,(H2,27,34)/b3-2+. The number of anilines is 2. The number of benzene rings is 2. The SMILES string of the molecule is COC(=O)c1ccc(NC/C=C/CNc2c(OCCCN3CCNCC3)cc(C(N)=O)cc2[N+](=O)[O-])c([N+](=O)[O-])c1. The summed E-state index contributed by atoms with van der Waals surface area (Å²) >= 11 is 0. The molecule has 41 heavy (non-hydrogen) atoms. The highest BCUT2D eigenvalue weighted by atomic mass is 16.6. The maximum absolute atomic E-state index is 11.8. The highest BCUT2D eigenvalue weighted by Gasteiger charge is 2.23. The van der Waals surface area contributed by atoms with Crippen LogP contribution in [0.2, 0.25) is 0 Å². The summed E-state index contributed by atoms with van der Waals surface area (Å²) in [5.74, 6) is -1.36. The van der Waals surface area contributed by atoms with E-state index < -0.39 is 21.7 Å². The molecule has 2 aromatic carbocycles. The molecule has 1 aliphatic heterocycles. The molecule has 0 bridgehead atoms. The van der Waals surface area contributed by atoms with Crippen molar-refractivity contribution in [1.29, 1.82) is 0 Å². The van der Waals surface area contributed by atoms with Crippen molar-refractivity contribution in [2.24, 2.45) is 5.73 Å². The fourth-order valence-electron chi connectivity index (χ4n) is 4.16. The van der Waals surface area contributed by atoms with Crippen LogP contribution >= 0.6 is 0 Å². The lowest BCUT2D eigenvalue weighted by Crippen LogP contribution is -2.43. The highest BCUT2D eigenvalue weighted by molar-refractivity contribution is 5.95. The maximum atomic E-state index is 11.8. The summed E-state index contributed by atoms with van der Waals surface area (Å²) in [7, 11) is 1.18. The van der Waals surface area contributed by atoms with Crippen LogP contribution in [0.5, 0.6) is 5.75 Å². The first kappa shape index (κ1) is 30.8. The molecule has 1 amide bonds. The predicted molar refractivity (Wildman–Crippen MR) is 152 cm³/mol. The van der Waals surface area contributed by atoms with Gasteiger partial charge in [0, 0.05) is 63.5 Å². The van der Waals surface area contributed by atoms with E-state index >= 15 is 0 Å². The summed E-state index contributed by atoms with van der Waals surface area (Å²) in [6.45, 7) is 5.14. The van der Waals surface area contributed by atoms with Crippen LogP contribution in [0.3, 0.4) is 0 Å². The second-order valence-electron chi connectivity index (χ2n) is 9.00. The number of nitro benzene ring substituents is 2. The van der Waals surface area contributed by atoms with Crippen LogP contribution in [0, 0.1) is 20.2 Å². The van der Waals surface area contributed by atoms with Gasteiger partial charge in [-0.2, -0.15) is 0 Å². The fraction of sp³-hybridized carbons (Fsp3) is 0.385. The average molecular weight is 572 g/mol. The van der Waals surface area contributed by atoms with Gasteiger partial charge >= 0.3 is 5.97 Å². The molecule has 1 heterocycles. The molecule has 3 rings (SSSR count). The molecule has 15 heteroatoms. The van der Waals surface area contributed by atoms with Gasteiger partial charge in [0.15, 0.2) is 5.69 Å². The van der Waals surface area contributed by atoms with Gasteiger partial charge in [-0.1, -0.05) is 12.2 Å². The molecule has 0 spiro atoms. The molecule has 2 aromatic rings. The third-order valence-electron chi connectivity index (χ3n) is 6.24. The molecule has 0 atom stereocenters. The minimum Gasteiger partial charge on any atom is -0.491 e. The average Bonchev–Trinajstić information content (AvgIpc) is 2.97. The Balaban J connectivity index is 1.64. The number of nitro groups is 2. The number of nitrogens with one attached hydrogen (secondary N) is 3. The lowest BCUT2D eigenvalue weighted by Gasteiger charge is -2.27. The van der Waals surface area contributed by atoms with E-state index in [2.05, 4.69) is 25.6 Å². The summed E-state index contributed by atoms with van der Waals surface area (Å²) in [5.41, 5.74) is 5.06. The summed E-state index contributed by atoms with van der Waals surface area (Å²) in [6.07, 6.45) is 4.02. The summed E-state index contributed by atoms with van der Waals surface area (Å²) in [6, 6.07) is 6.42. The first-order valence-electron chi connectivity index (χ1n) is 12.9. The van der Waals surface area contributed by atoms with Crippen molar-refractivity contribution in [1.82, 2.24) is 10.2 Å². The maximum Gasteiger partial charge on any atom is 0.338 e. The molecule has 0 aliphatic carbocycles. The Morgan fingerprint density at radius 1 is 1.02 bits per heavy atom. The number of hydrogen-bond acceptors (Lipinski definition) is 12. The van der Waals surface area contributed by atoms with Gasteiger partial charge < -0.3 is 36.1 Å². The lowest BCUT2D eigenvalue weighted by molar-refractivity contribution is -0.384. The van der Waals surface area contributed by atoms with Crippen LogP contribution in [0.1, 0.15) is 27.1 Å². The van der Waals surface area contributed by atoms with Gasteiger partial charge in [-0.15, -0.1) is 0 Å². The molecule has 0 radical (unpaired) electrons. The number of hydrogen-bond donors (Lipinski definition) is 4. The molecule has 0 saturated carbocycles. The summed E-state index contributed by atoms with van der Waals surface area (Å²) in [5, 5.41) is 32.4. The Labute approximate surface area is 236 Å². The summed E-state index contributed by atoms with van der Waals surface area (Å²) < 4.78 is 10.5. The van der Waals surface area contributed by atoms with Crippen LogP contribution in [0.15, 0.2) is 42.5 Å². The molecule has 0 aromatic heterocycles. The van der Waals surface area contributed by atoms with Gasteiger partial charge in [-0.3, -0.25) is 25.0 Å². The Hall–Kier alpha value is -4.76. The van der Waals surface area contributed by atoms with Crippen molar-refractivity contribution in [2.75, 3.05) is 70.2 Å². The first-order valence-corrected chi connectivity index (χ1v) is 12.9. The smallest absolute Gasteiger partial charge is 0.338 e. The van der Waals surface area contributed by atoms with Gasteiger partial charge in [-0.25, -0.2) is 4.79 Å². The molecule has 1 fully saturated rings. The van der Waals surface area contributed by atoms with E-state index in [0.717, 1.165) is 44.9 Å². The second kappa shape index (κ2) is 15.1. The number of piperazine rings is 1. The van der Waals surface area contributed by atoms with Gasteiger partial charge in [0.1, 0.15) is 11.4 Å². The number of rotatable bonds is 15. The van der Waals surface area contributed by atoms with Gasteiger partial charge in [0.05, 0.1) is 29.1 Å². The van der Waals surface area contributed by atoms with Crippen molar-refractivity contribution < 1.29 is 28.9 Å². The minimum absolute atomic E-state index is 0.0427. The van der Waals surface area contributed by atoms with Crippen LogP contribution in [0.4, 0.5) is 22.7 Å².